The van der Waals surface area contributed by atoms with E-state index in [4.69, 9.17) is 5.14 Å². The Morgan fingerprint density at radius 2 is 1.90 bits per heavy atom. The number of primary sulfonamides is 1. The van der Waals surface area contributed by atoms with Crippen LogP contribution in [0.2, 0.25) is 0 Å². The van der Waals surface area contributed by atoms with Gasteiger partial charge in [0.25, 0.3) is 0 Å². The van der Waals surface area contributed by atoms with Crippen LogP contribution < -0.4 is 10.5 Å². The fourth-order valence-electron chi connectivity index (χ4n) is 2.72. The van der Waals surface area contributed by atoms with Gasteiger partial charge in [0.1, 0.15) is 0 Å². The van der Waals surface area contributed by atoms with Crippen molar-refractivity contribution in [3.05, 3.63) is 28.2 Å². The molecule has 1 aromatic carbocycles. The van der Waals surface area contributed by atoms with Crippen molar-refractivity contribution in [1.29, 1.82) is 0 Å². The first-order chi connectivity index (χ1) is 9.77. The summed E-state index contributed by atoms with van der Waals surface area (Å²) in [6.07, 6.45) is 4.89. The van der Waals surface area contributed by atoms with Crippen molar-refractivity contribution in [2.24, 2.45) is 11.1 Å². The molecular formula is C15H23BrN2O2S. The Morgan fingerprint density at radius 1 is 1.29 bits per heavy atom. The highest BCUT2D eigenvalue weighted by molar-refractivity contribution is 9.10. The molecule has 21 heavy (non-hydrogen) atoms. The second-order valence-electron chi connectivity index (χ2n) is 6.07. The van der Waals surface area contributed by atoms with E-state index in [2.05, 4.69) is 28.2 Å². The van der Waals surface area contributed by atoms with Gasteiger partial charge in [0.05, 0.1) is 5.25 Å². The highest BCUT2D eigenvalue weighted by Gasteiger charge is 2.21. The van der Waals surface area contributed by atoms with Crippen LogP contribution in [0.4, 0.5) is 5.69 Å². The predicted molar refractivity (Wildman–Crippen MR) is 90.7 cm³/mol. The molecule has 1 atom stereocenters. The van der Waals surface area contributed by atoms with Crippen LogP contribution in [-0.4, -0.2) is 14.5 Å². The van der Waals surface area contributed by atoms with Crippen LogP contribution in [0.3, 0.4) is 0 Å². The lowest BCUT2D eigenvalue weighted by Gasteiger charge is -2.28. The first-order valence-corrected chi connectivity index (χ1v) is 9.75. The minimum Gasteiger partial charge on any atom is -0.381 e. The Hall–Kier alpha value is -0.590. The summed E-state index contributed by atoms with van der Waals surface area (Å²) in [5.41, 5.74) is 1.71. The Labute approximate surface area is 135 Å². The van der Waals surface area contributed by atoms with Gasteiger partial charge in [0.2, 0.25) is 10.0 Å². The smallest absolute Gasteiger partial charge is 0.215 e. The molecule has 1 aliphatic carbocycles. The summed E-state index contributed by atoms with van der Waals surface area (Å²) in [5.74, 6) is 0.824. The van der Waals surface area contributed by atoms with Gasteiger partial charge in [-0.1, -0.05) is 13.0 Å². The molecule has 3 N–H and O–H groups in total. The molecule has 0 aromatic heterocycles. The summed E-state index contributed by atoms with van der Waals surface area (Å²) in [5, 5.41) is 8.05. The van der Waals surface area contributed by atoms with Crippen LogP contribution >= 0.6 is 15.9 Å². The average molecular weight is 375 g/mol. The summed E-state index contributed by atoms with van der Waals surface area (Å²) >= 11 is 3.52. The number of anilines is 1. The van der Waals surface area contributed by atoms with Crippen LogP contribution in [0.15, 0.2) is 22.7 Å². The molecule has 0 amide bonds. The van der Waals surface area contributed by atoms with E-state index in [0.717, 1.165) is 16.1 Å². The van der Waals surface area contributed by atoms with Crippen LogP contribution in [0, 0.1) is 5.92 Å². The van der Waals surface area contributed by atoms with Gasteiger partial charge in [-0.25, -0.2) is 13.6 Å². The van der Waals surface area contributed by atoms with E-state index in [0.29, 0.717) is 11.6 Å². The lowest BCUT2D eigenvalue weighted by molar-refractivity contribution is 0.361. The second kappa shape index (κ2) is 6.67. The summed E-state index contributed by atoms with van der Waals surface area (Å²) in [4.78, 5) is 0. The Balaban J connectivity index is 2.09. The molecule has 4 nitrogen and oxygen atoms in total. The molecule has 1 aliphatic rings. The van der Waals surface area contributed by atoms with Gasteiger partial charge >= 0.3 is 0 Å². The first kappa shape index (κ1) is 16.8. The van der Waals surface area contributed by atoms with E-state index in [1.807, 2.05) is 18.2 Å². The monoisotopic (exact) mass is 374 g/mol. The zero-order valence-electron chi connectivity index (χ0n) is 12.5. The highest BCUT2D eigenvalue weighted by atomic mass is 79.9. The summed E-state index contributed by atoms with van der Waals surface area (Å²) < 4.78 is 23.7. The van der Waals surface area contributed by atoms with Gasteiger partial charge in [-0.3, -0.25) is 0 Å². The van der Waals surface area contributed by atoms with Crippen LogP contribution in [0.1, 0.15) is 50.3 Å². The third-order valence-electron chi connectivity index (χ3n) is 4.33. The summed E-state index contributed by atoms with van der Waals surface area (Å²) in [6, 6.07) is 6.09. The quantitative estimate of drug-likeness (QED) is 0.841. The maximum absolute atomic E-state index is 11.4. The van der Waals surface area contributed by atoms with E-state index in [9.17, 15) is 8.42 Å². The minimum atomic E-state index is -3.56. The number of hydrogen-bond acceptors (Lipinski definition) is 3. The Kier molecular flexibility index (Phi) is 5.33. The zero-order valence-corrected chi connectivity index (χ0v) is 14.9. The van der Waals surface area contributed by atoms with Gasteiger partial charge in [-0.2, -0.15) is 0 Å². The lowest BCUT2D eigenvalue weighted by Crippen LogP contribution is -2.25. The van der Waals surface area contributed by atoms with Crippen molar-refractivity contribution < 1.29 is 8.42 Å². The zero-order chi connectivity index (χ0) is 15.6. The van der Waals surface area contributed by atoms with Crippen molar-refractivity contribution in [3.8, 4) is 0 Å². The number of benzene rings is 1. The molecule has 0 heterocycles. The second-order valence-corrected chi connectivity index (χ2v) is 8.81. The fraction of sp³-hybridized carbons (Fsp3) is 0.600. The van der Waals surface area contributed by atoms with Gasteiger partial charge in [0.15, 0.2) is 0 Å². The van der Waals surface area contributed by atoms with Gasteiger partial charge in [0, 0.05) is 16.2 Å². The molecule has 6 heteroatoms. The highest BCUT2D eigenvalue weighted by Crippen LogP contribution is 2.32. The molecular weight excluding hydrogens is 352 g/mol. The largest absolute Gasteiger partial charge is 0.381 e. The van der Waals surface area contributed by atoms with Gasteiger partial charge in [-0.05, 0) is 72.2 Å². The number of sulfonamides is 1. The van der Waals surface area contributed by atoms with E-state index in [1.165, 1.54) is 25.7 Å². The number of rotatable bonds is 4. The van der Waals surface area contributed by atoms with E-state index >= 15 is 0 Å². The topological polar surface area (TPSA) is 72.2 Å². The summed E-state index contributed by atoms with van der Waals surface area (Å²) in [6.45, 7) is 3.91. The summed E-state index contributed by atoms with van der Waals surface area (Å²) in [7, 11) is -3.56. The van der Waals surface area contributed by atoms with Crippen molar-refractivity contribution in [3.63, 3.8) is 0 Å². The average Bonchev–Trinajstić information content (AvgIpc) is 2.41. The van der Waals surface area contributed by atoms with E-state index in [1.54, 1.807) is 6.92 Å². The molecule has 1 fully saturated rings. The third kappa shape index (κ3) is 4.44. The SMILES string of the molecule is CC1CCC(Nc2ccc(C(C)S(N)(=O)=O)cc2Br)CC1. The molecule has 0 aliphatic heterocycles. The Morgan fingerprint density at radius 3 is 2.43 bits per heavy atom. The molecule has 118 valence electrons. The van der Waals surface area contributed by atoms with Crippen LogP contribution in [-0.2, 0) is 10.0 Å². The lowest BCUT2D eigenvalue weighted by atomic mass is 9.87. The molecule has 0 saturated heterocycles. The molecule has 1 saturated carbocycles. The van der Waals surface area contributed by atoms with Gasteiger partial charge in [-0.15, -0.1) is 0 Å². The van der Waals surface area contributed by atoms with Crippen molar-refractivity contribution in [1.82, 2.24) is 0 Å². The predicted octanol–water partition coefficient (Wildman–Crippen LogP) is 3.79. The number of halogens is 1. The van der Waals surface area contributed by atoms with Crippen LogP contribution in [0.5, 0.6) is 0 Å². The van der Waals surface area contributed by atoms with Crippen molar-refractivity contribution in [2.75, 3.05) is 5.32 Å². The van der Waals surface area contributed by atoms with E-state index < -0.39 is 15.3 Å². The van der Waals surface area contributed by atoms with E-state index in [-0.39, 0.29) is 0 Å². The number of nitrogens with two attached hydrogens (primary N) is 1. The maximum Gasteiger partial charge on any atom is 0.215 e. The molecule has 0 radical (unpaired) electrons. The standard InChI is InChI=1S/C15H23BrN2O2S/c1-10-3-6-13(7-4-10)18-15-8-5-12(9-14(15)16)11(2)21(17,19)20/h5,8-11,13,18H,3-4,6-7H2,1-2H3,(H2,17,19,20). The number of hydrogen-bond donors (Lipinski definition) is 2. The molecule has 1 aromatic rings. The van der Waals surface area contributed by atoms with Gasteiger partial charge < -0.3 is 5.32 Å². The first-order valence-electron chi connectivity index (χ1n) is 7.35. The minimum absolute atomic E-state index is 0.499. The van der Waals surface area contributed by atoms with Crippen molar-refractivity contribution in [2.45, 2.75) is 50.8 Å². The molecule has 1 unspecified atom stereocenters. The van der Waals surface area contributed by atoms with Crippen LogP contribution in [0.25, 0.3) is 0 Å². The maximum atomic E-state index is 11.4. The van der Waals surface area contributed by atoms with Crippen molar-refractivity contribution >= 4 is 31.6 Å². The third-order valence-corrected chi connectivity index (χ3v) is 6.24. The molecule has 0 bridgehead atoms. The Bertz CT molecular complexity index is 596. The fourth-order valence-corrected chi connectivity index (χ4v) is 3.75. The molecule has 0 spiro atoms. The molecule has 2 rings (SSSR count). The number of nitrogens with one attached hydrogen (secondary N) is 1. The normalized spacial score (nSPS) is 24.6.